The number of fused-ring (bicyclic) bond motifs is 10. The van der Waals surface area contributed by atoms with Crippen LogP contribution in [-0.2, 0) is 10.8 Å². The molecule has 4 unspecified atom stereocenters. The molecular weight excluding hydrogens is 1460 g/mol. The second-order valence-electron chi connectivity index (χ2n) is 30.3. The number of unbranched alkanes of at least 4 members (excludes halogenated alkanes) is 16. The summed E-state index contributed by atoms with van der Waals surface area (Å²) in [6.45, 7) is 21.6. The molecule has 0 aliphatic heterocycles. The Balaban J connectivity index is 1.08. The fraction of sp³-hybridized carbons (Fsp3) is 0.543. The molecule has 0 bridgehead atoms. The Morgan fingerprint density at radius 3 is 0.784 bits per heavy atom. The summed E-state index contributed by atoms with van der Waals surface area (Å²) in [5.41, 5.74) is 11.7. The third kappa shape index (κ3) is 18.4. The van der Waals surface area contributed by atoms with Crippen molar-refractivity contribution in [1.82, 2.24) is 0 Å². The summed E-state index contributed by atoms with van der Waals surface area (Å²) >= 11 is 15.8. The summed E-state index contributed by atoms with van der Waals surface area (Å²) in [5.74, 6) is 6.02. The maximum absolute atomic E-state index is 6.93. The van der Waals surface area contributed by atoms with Crippen molar-refractivity contribution in [3.8, 4) is 43.9 Å². The predicted molar refractivity (Wildman–Crippen MR) is 452 cm³/mol. The molecule has 0 radical (unpaired) electrons. The molecule has 0 saturated heterocycles. The van der Waals surface area contributed by atoms with Gasteiger partial charge in [0, 0.05) is 30.3 Å². The van der Waals surface area contributed by atoms with Crippen LogP contribution in [0, 0.1) is 23.7 Å². The van der Waals surface area contributed by atoms with Crippen molar-refractivity contribution in [2.24, 2.45) is 23.7 Å². The van der Waals surface area contributed by atoms with E-state index >= 15 is 0 Å². The summed E-state index contributed by atoms with van der Waals surface area (Å²) < 4.78 is 35.4. The highest BCUT2D eigenvalue weighted by atomic mass is 79.9. The monoisotopic (exact) mass is 1570 g/mol. The summed E-state index contributed by atoms with van der Waals surface area (Å²) in [6.07, 6.45) is 40.2. The summed E-state index contributed by atoms with van der Waals surface area (Å²) in [4.78, 5) is 2.71. The minimum Gasteiger partial charge on any atom is -0.493 e. The van der Waals surface area contributed by atoms with Crippen LogP contribution in [0.25, 0.3) is 39.7 Å². The van der Waals surface area contributed by atoms with Crippen LogP contribution in [0.1, 0.15) is 305 Å². The van der Waals surface area contributed by atoms with Gasteiger partial charge in [0.05, 0.1) is 54.2 Å². The Labute approximate surface area is 648 Å². The van der Waals surface area contributed by atoms with Crippen molar-refractivity contribution in [2.75, 3.05) is 26.4 Å². The van der Waals surface area contributed by atoms with E-state index in [4.69, 9.17) is 18.9 Å². The normalized spacial score (nSPS) is 16.5. The zero-order valence-corrected chi connectivity index (χ0v) is 69.8. The molecule has 2 aliphatic carbocycles. The quantitative estimate of drug-likeness (QED) is 0.0356. The molecule has 5 aromatic carbocycles. The van der Waals surface area contributed by atoms with E-state index in [1.165, 1.54) is 290 Å². The molecular formula is C92H120Br2O4S4. The fourth-order valence-corrected chi connectivity index (χ4v) is 23.6. The van der Waals surface area contributed by atoms with Crippen LogP contribution < -0.4 is 18.9 Å². The first kappa shape index (κ1) is 78.6. The topological polar surface area (TPSA) is 36.9 Å². The minimum absolute atomic E-state index is 0.554. The van der Waals surface area contributed by atoms with E-state index in [0.717, 1.165) is 57.0 Å². The molecule has 4 aromatic heterocycles. The third-order valence-corrected chi connectivity index (χ3v) is 28.6. The first-order valence-corrected chi connectivity index (χ1v) is 45.5. The van der Waals surface area contributed by atoms with Crippen LogP contribution in [0.5, 0.6) is 23.0 Å². The van der Waals surface area contributed by atoms with Crippen molar-refractivity contribution < 1.29 is 18.9 Å². The molecule has 2 aliphatic rings. The van der Waals surface area contributed by atoms with Gasteiger partial charge in [0.2, 0.25) is 0 Å². The zero-order chi connectivity index (χ0) is 71.3. The lowest BCUT2D eigenvalue weighted by Gasteiger charge is -2.36. The highest BCUT2D eigenvalue weighted by molar-refractivity contribution is 9.11. The van der Waals surface area contributed by atoms with Gasteiger partial charge in [-0.15, -0.1) is 45.3 Å². The maximum Gasteiger partial charge on any atom is 0.119 e. The van der Waals surface area contributed by atoms with Crippen molar-refractivity contribution in [1.29, 1.82) is 0 Å². The van der Waals surface area contributed by atoms with Gasteiger partial charge in [0.25, 0.3) is 0 Å². The van der Waals surface area contributed by atoms with Crippen molar-refractivity contribution in [2.45, 2.75) is 272 Å². The minimum atomic E-state index is -0.692. The smallest absolute Gasteiger partial charge is 0.119 e. The Morgan fingerprint density at radius 1 is 0.294 bits per heavy atom. The number of hydrogen-bond acceptors (Lipinski definition) is 8. The predicted octanol–water partition coefficient (Wildman–Crippen LogP) is 31.1. The molecule has 4 atom stereocenters. The highest BCUT2D eigenvalue weighted by Gasteiger charge is 2.54. The average Bonchev–Trinajstić information content (AvgIpc) is 1.49. The number of benzene rings is 5. The molecule has 4 nitrogen and oxygen atoms in total. The fourth-order valence-electron chi connectivity index (χ4n) is 16.9. The van der Waals surface area contributed by atoms with Gasteiger partial charge in [0.15, 0.2) is 0 Å². The van der Waals surface area contributed by atoms with Crippen molar-refractivity contribution in [3.05, 3.63) is 173 Å². The van der Waals surface area contributed by atoms with Crippen LogP contribution in [0.15, 0.2) is 129 Å². The van der Waals surface area contributed by atoms with E-state index < -0.39 is 10.8 Å². The van der Waals surface area contributed by atoms with E-state index in [2.05, 4.69) is 209 Å². The van der Waals surface area contributed by atoms with Crippen LogP contribution in [0.4, 0.5) is 0 Å². The van der Waals surface area contributed by atoms with Gasteiger partial charge >= 0.3 is 0 Å². The number of ether oxygens (including phenoxy) is 4. The molecule has 0 saturated carbocycles. The van der Waals surface area contributed by atoms with Gasteiger partial charge in [-0.05, 0) is 224 Å². The van der Waals surface area contributed by atoms with Gasteiger partial charge in [-0.3, -0.25) is 0 Å². The lowest BCUT2D eigenvalue weighted by atomic mass is 9.66. The molecule has 9 aromatic rings. The molecule has 102 heavy (non-hydrogen) atoms. The second-order valence-corrected chi connectivity index (χ2v) is 37.3. The van der Waals surface area contributed by atoms with Gasteiger partial charge < -0.3 is 18.9 Å². The molecule has 0 amide bonds. The van der Waals surface area contributed by atoms with E-state index in [9.17, 15) is 0 Å². The Kier molecular flexibility index (Phi) is 30.4. The average molecular weight is 1580 g/mol. The molecule has 0 fully saturated rings. The lowest BCUT2D eigenvalue weighted by Crippen LogP contribution is -2.30. The SMILES string of the molecule is CCCCCCC(CCCC)COc1ccc(C2(c3ccc(OCC(CCCC)CCCCCC)cc3)c3cc4c(cc3-c3sc5cc(Br)sc5c32)C(c2ccc(OCC(CCCC)CCCCCC)cc2)(c2ccc(OCC(CCCC)CCCCCC)cc2)c2c-4sc3cc(Br)sc23)cc1. The number of halogens is 2. The van der Waals surface area contributed by atoms with Gasteiger partial charge in [-0.25, -0.2) is 0 Å². The standard InChI is InChI=1S/C92H120Br2O4S4/c1-9-17-25-29-37-65(33-21-13-5)61-95-73-49-41-69(42-50-73)91(70-43-51-74(52-44-70)96-62-66(34-22-14-6)38-30-26-18-10-2)79-57-78-80(58-77(79)87-85(91)89-81(99-87)59-83(93)101-89)92(86-88(78)100-82-60-84(94)102-90(82)86,71-45-53-75(54-46-71)97-63-67(35-23-15-7)39-31-27-19-11-3)72-47-55-76(56-48-72)98-64-68(36-24-16-8)40-32-28-20-12-4/h41-60,65-68H,9-40,61-64H2,1-8H3. The number of thiophene rings is 4. The van der Waals surface area contributed by atoms with Crippen LogP contribution in [-0.4, -0.2) is 26.4 Å². The molecule has 0 spiro atoms. The Morgan fingerprint density at radius 2 is 0.539 bits per heavy atom. The lowest BCUT2D eigenvalue weighted by molar-refractivity contribution is 0.225. The first-order chi connectivity index (χ1) is 50.1. The summed E-state index contributed by atoms with van der Waals surface area (Å²) in [7, 11) is 0. The number of rotatable bonds is 48. The van der Waals surface area contributed by atoms with Crippen molar-refractivity contribution >= 4 is 96.0 Å². The van der Waals surface area contributed by atoms with Gasteiger partial charge in [0.1, 0.15) is 23.0 Å². The van der Waals surface area contributed by atoms with E-state index in [0.29, 0.717) is 23.7 Å². The van der Waals surface area contributed by atoms with Crippen LogP contribution in [0.2, 0.25) is 0 Å². The van der Waals surface area contributed by atoms with E-state index in [1.807, 2.05) is 45.3 Å². The molecule has 550 valence electrons. The van der Waals surface area contributed by atoms with E-state index in [-0.39, 0.29) is 0 Å². The Bertz CT molecular complexity index is 3560. The van der Waals surface area contributed by atoms with Crippen molar-refractivity contribution in [3.63, 3.8) is 0 Å². The molecule has 0 N–H and O–H groups in total. The van der Waals surface area contributed by atoms with Crippen LogP contribution in [0.3, 0.4) is 0 Å². The highest BCUT2D eigenvalue weighted by Crippen LogP contribution is 2.68. The largest absolute Gasteiger partial charge is 0.493 e. The van der Waals surface area contributed by atoms with E-state index in [1.54, 1.807) is 0 Å². The first-order valence-electron chi connectivity index (χ1n) is 40.6. The summed E-state index contributed by atoms with van der Waals surface area (Å²) in [6, 6.07) is 47.9. The Hall–Kier alpha value is -4.42. The van der Waals surface area contributed by atoms with Gasteiger partial charge in [-0.2, -0.15) is 0 Å². The molecule has 4 heterocycles. The van der Waals surface area contributed by atoms with Gasteiger partial charge in [-0.1, -0.05) is 258 Å². The third-order valence-electron chi connectivity index (χ3n) is 22.7. The number of hydrogen-bond donors (Lipinski definition) is 0. The molecule has 11 rings (SSSR count). The zero-order valence-electron chi connectivity index (χ0n) is 63.3. The van der Waals surface area contributed by atoms with Crippen LogP contribution >= 0.6 is 77.2 Å². The summed E-state index contributed by atoms with van der Waals surface area (Å²) in [5, 5.41) is 0. The maximum atomic E-state index is 6.93. The second kappa shape index (κ2) is 39.4. The molecule has 10 heteroatoms.